The maximum atomic E-state index is 12.3. The number of rotatable bonds is 9. The second-order valence-electron chi connectivity index (χ2n) is 9.20. The van der Waals surface area contributed by atoms with E-state index in [9.17, 15) is 9.59 Å². The van der Waals surface area contributed by atoms with E-state index >= 15 is 0 Å². The Hall–Kier alpha value is -2.76. The lowest BCUT2D eigenvalue weighted by Crippen LogP contribution is -2.30. The number of fused-ring (bicyclic) bond motifs is 3. The number of methoxy groups -OCH3 is 2. The number of benzene rings is 1. The Labute approximate surface area is 190 Å². The number of carbonyl (C=O) groups excluding carboxylic acids is 2. The van der Waals surface area contributed by atoms with Crippen LogP contribution in [0.1, 0.15) is 59.7 Å². The molecule has 0 unspecified atom stereocenters. The van der Waals surface area contributed by atoms with Crippen LogP contribution < -0.4 is 14.8 Å². The summed E-state index contributed by atoms with van der Waals surface area (Å²) in [4.78, 5) is 24.6. The number of amides is 1. The van der Waals surface area contributed by atoms with Gasteiger partial charge in [-0.05, 0) is 62.8 Å². The van der Waals surface area contributed by atoms with Crippen LogP contribution in [0.15, 0.2) is 23.8 Å². The van der Waals surface area contributed by atoms with Crippen LogP contribution in [-0.2, 0) is 22.6 Å². The molecule has 1 aromatic rings. The van der Waals surface area contributed by atoms with Crippen LogP contribution in [-0.4, -0.2) is 32.6 Å². The van der Waals surface area contributed by atoms with Crippen LogP contribution in [0.25, 0.3) is 0 Å². The summed E-state index contributed by atoms with van der Waals surface area (Å²) in [6.07, 6.45) is 10.9. The Morgan fingerprint density at radius 2 is 1.97 bits per heavy atom. The molecule has 1 amide bonds. The lowest BCUT2D eigenvalue weighted by molar-refractivity contribution is -0.121. The summed E-state index contributed by atoms with van der Waals surface area (Å²) in [6, 6.07) is 0. The Bertz CT molecular complexity index is 977. The molecule has 1 aliphatic heterocycles. The number of nitrogens with one attached hydrogen (secondary N) is 1. The number of cyclic esters (lactones) is 1. The van der Waals surface area contributed by atoms with Gasteiger partial charge >= 0.3 is 5.97 Å². The van der Waals surface area contributed by atoms with E-state index < -0.39 is 0 Å². The van der Waals surface area contributed by atoms with Crippen molar-refractivity contribution in [2.75, 3.05) is 20.8 Å². The van der Waals surface area contributed by atoms with E-state index in [-0.39, 0.29) is 18.5 Å². The second-order valence-corrected chi connectivity index (χ2v) is 9.20. The fraction of sp³-hybridized carbons (Fsp3) is 0.538. The van der Waals surface area contributed by atoms with E-state index in [0.717, 1.165) is 40.5 Å². The second kappa shape index (κ2) is 9.39. The predicted octanol–water partition coefficient (Wildman–Crippen LogP) is 4.28. The van der Waals surface area contributed by atoms with Crippen LogP contribution >= 0.6 is 0 Å². The predicted molar refractivity (Wildman–Crippen MR) is 122 cm³/mol. The zero-order chi connectivity index (χ0) is 22.8. The van der Waals surface area contributed by atoms with Gasteiger partial charge in [-0.1, -0.05) is 23.8 Å². The smallest absolute Gasteiger partial charge is 0.342 e. The van der Waals surface area contributed by atoms with Crippen molar-refractivity contribution < 1.29 is 23.8 Å². The highest BCUT2D eigenvalue weighted by atomic mass is 16.5. The average Bonchev–Trinajstić information content (AvgIpc) is 3.51. The molecular formula is C26H33NO5. The molecule has 6 nitrogen and oxygen atoms in total. The molecule has 3 atom stereocenters. The molecule has 1 aromatic carbocycles. The summed E-state index contributed by atoms with van der Waals surface area (Å²) in [5.41, 5.74) is 4.19. The lowest BCUT2D eigenvalue weighted by Gasteiger charge is -2.18. The van der Waals surface area contributed by atoms with E-state index in [1.165, 1.54) is 12.8 Å². The van der Waals surface area contributed by atoms with Gasteiger partial charge in [0.15, 0.2) is 0 Å². The number of hydrogen-bond donors (Lipinski definition) is 1. The minimum atomic E-state index is -0.354. The zero-order valence-electron chi connectivity index (χ0n) is 19.5. The molecule has 4 rings (SSSR count). The highest BCUT2D eigenvalue weighted by molar-refractivity contribution is 5.98. The van der Waals surface area contributed by atoms with Crippen molar-refractivity contribution in [3.05, 3.63) is 46.1 Å². The number of carbonyl (C=O) groups is 2. The summed E-state index contributed by atoms with van der Waals surface area (Å²) in [6.45, 7) is 5.00. The molecule has 1 heterocycles. The van der Waals surface area contributed by atoms with Gasteiger partial charge in [0.05, 0.1) is 14.2 Å². The van der Waals surface area contributed by atoms with Crippen molar-refractivity contribution in [1.29, 1.82) is 0 Å². The van der Waals surface area contributed by atoms with Crippen LogP contribution in [0.3, 0.4) is 0 Å². The molecule has 2 bridgehead atoms. The molecular weight excluding hydrogens is 406 g/mol. The quantitative estimate of drug-likeness (QED) is 0.459. The van der Waals surface area contributed by atoms with Crippen molar-refractivity contribution in [3.63, 3.8) is 0 Å². The maximum absolute atomic E-state index is 12.3. The molecule has 1 fully saturated rings. The monoisotopic (exact) mass is 439 g/mol. The van der Waals surface area contributed by atoms with Gasteiger partial charge in [0.1, 0.15) is 23.7 Å². The van der Waals surface area contributed by atoms with Crippen LogP contribution in [0.5, 0.6) is 11.5 Å². The first-order valence-corrected chi connectivity index (χ1v) is 11.5. The Morgan fingerprint density at radius 1 is 1.19 bits per heavy atom. The highest BCUT2D eigenvalue weighted by Crippen LogP contribution is 2.43. The first-order valence-electron chi connectivity index (χ1n) is 11.5. The lowest BCUT2D eigenvalue weighted by atomic mass is 9.93. The standard InChI is InChI=1S/C26H33NO5/c1-15(6-10-22(28)27-13-19-12-17-7-8-18(19)11-17)5-9-20-24(30-3)16(2)21-14-32-26(29)23(21)25(20)31-4/h5,7-8,17-19H,6,9-14H2,1-4H3,(H,27,28)/b15-5+/t17-,18-,19+/m0/s1. The first-order chi connectivity index (χ1) is 15.4. The third-order valence-corrected chi connectivity index (χ3v) is 7.21. The van der Waals surface area contributed by atoms with Crippen molar-refractivity contribution in [1.82, 2.24) is 5.32 Å². The molecule has 6 heteroatoms. The SMILES string of the molecule is COc1c(C)c2c(c(OC)c1C/C=C(\C)CCC(=O)NC[C@H]1C[C@H]3C=C[C@H]1C3)C(=O)OC2. The Kier molecular flexibility index (Phi) is 6.58. The van der Waals surface area contributed by atoms with Gasteiger partial charge in [-0.25, -0.2) is 4.79 Å². The summed E-state index contributed by atoms with van der Waals surface area (Å²) in [5, 5.41) is 3.12. The van der Waals surface area contributed by atoms with Gasteiger partial charge in [-0.2, -0.15) is 0 Å². The first kappa shape index (κ1) is 22.4. The topological polar surface area (TPSA) is 73.9 Å². The van der Waals surface area contributed by atoms with E-state index in [4.69, 9.17) is 14.2 Å². The third-order valence-electron chi connectivity index (χ3n) is 7.21. The van der Waals surface area contributed by atoms with Crippen molar-refractivity contribution in [2.45, 2.75) is 52.6 Å². The number of esters is 1. The molecule has 0 radical (unpaired) electrons. The zero-order valence-corrected chi connectivity index (χ0v) is 19.5. The van der Waals surface area contributed by atoms with Crippen molar-refractivity contribution in [2.24, 2.45) is 17.8 Å². The number of hydrogen-bond acceptors (Lipinski definition) is 5. The minimum absolute atomic E-state index is 0.107. The van der Waals surface area contributed by atoms with Gasteiger partial charge in [0.25, 0.3) is 0 Å². The highest BCUT2D eigenvalue weighted by Gasteiger charge is 2.35. The van der Waals surface area contributed by atoms with Gasteiger partial charge in [0.2, 0.25) is 5.91 Å². The molecule has 1 N–H and O–H groups in total. The van der Waals surface area contributed by atoms with E-state index in [1.54, 1.807) is 14.2 Å². The summed E-state index contributed by atoms with van der Waals surface area (Å²) in [7, 11) is 3.19. The molecule has 32 heavy (non-hydrogen) atoms. The van der Waals surface area contributed by atoms with E-state index in [0.29, 0.717) is 42.4 Å². The molecule has 0 aromatic heterocycles. The Balaban J connectivity index is 1.37. The molecule has 0 spiro atoms. The largest absolute Gasteiger partial charge is 0.496 e. The van der Waals surface area contributed by atoms with Gasteiger partial charge in [0, 0.05) is 24.1 Å². The van der Waals surface area contributed by atoms with Gasteiger partial charge in [-0.3, -0.25) is 4.79 Å². The number of allylic oxidation sites excluding steroid dienone is 4. The van der Waals surface area contributed by atoms with E-state index in [2.05, 4.69) is 23.5 Å². The summed E-state index contributed by atoms with van der Waals surface area (Å²) < 4.78 is 16.5. The normalized spacial score (nSPS) is 23.3. The summed E-state index contributed by atoms with van der Waals surface area (Å²) >= 11 is 0. The van der Waals surface area contributed by atoms with Crippen LogP contribution in [0.2, 0.25) is 0 Å². The molecule has 172 valence electrons. The van der Waals surface area contributed by atoms with Crippen LogP contribution in [0.4, 0.5) is 0 Å². The van der Waals surface area contributed by atoms with Crippen molar-refractivity contribution >= 4 is 11.9 Å². The fourth-order valence-electron chi connectivity index (χ4n) is 5.39. The average molecular weight is 440 g/mol. The van der Waals surface area contributed by atoms with Crippen LogP contribution in [0, 0.1) is 24.7 Å². The molecule has 3 aliphatic rings. The third kappa shape index (κ3) is 4.27. The summed E-state index contributed by atoms with van der Waals surface area (Å²) in [5.74, 6) is 2.97. The number of ether oxygens (including phenoxy) is 3. The fourth-order valence-corrected chi connectivity index (χ4v) is 5.39. The van der Waals surface area contributed by atoms with Crippen molar-refractivity contribution in [3.8, 4) is 11.5 Å². The van der Waals surface area contributed by atoms with Gasteiger partial charge < -0.3 is 19.5 Å². The molecule has 0 saturated heterocycles. The Morgan fingerprint density at radius 3 is 2.62 bits per heavy atom. The van der Waals surface area contributed by atoms with Gasteiger partial charge in [-0.15, -0.1) is 0 Å². The molecule has 2 aliphatic carbocycles. The van der Waals surface area contributed by atoms with E-state index in [1.807, 2.05) is 13.8 Å². The molecule has 1 saturated carbocycles. The minimum Gasteiger partial charge on any atom is -0.496 e. The maximum Gasteiger partial charge on any atom is 0.342 e.